The van der Waals surface area contributed by atoms with Gasteiger partial charge >= 0.3 is 0 Å². The molecule has 1 N–H and O–H groups in total. The highest BCUT2D eigenvalue weighted by Crippen LogP contribution is 2.69. The first-order valence-corrected chi connectivity index (χ1v) is 7.21. The Morgan fingerprint density at radius 2 is 1.84 bits per heavy atom. The van der Waals surface area contributed by atoms with E-state index in [1.165, 1.54) is 6.07 Å². The molecule has 1 aliphatic carbocycles. The van der Waals surface area contributed by atoms with Gasteiger partial charge in [-0.05, 0) is 54.0 Å². The summed E-state index contributed by atoms with van der Waals surface area (Å²) >= 11 is 5.96. The van der Waals surface area contributed by atoms with Gasteiger partial charge in [-0.2, -0.15) is 0 Å². The number of rotatable bonds is 4. The molecule has 106 valence electrons. The van der Waals surface area contributed by atoms with E-state index in [4.69, 9.17) is 11.6 Å². The highest BCUT2D eigenvalue weighted by molar-refractivity contribution is 6.30. The summed E-state index contributed by atoms with van der Waals surface area (Å²) in [6.45, 7) is 9.15. The minimum absolute atomic E-state index is 0.166. The van der Waals surface area contributed by atoms with Crippen molar-refractivity contribution in [1.82, 2.24) is 5.32 Å². The van der Waals surface area contributed by atoms with Crippen LogP contribution in [0, 0.1) is 22.6 Å². The van der Waals surface area contributed by atoms with Crippen LogP contribution in [0.2, 0.25) is 5.02 Å². The average molecular weight is 284 g/mol. The zero-order chi connectivity index (χ0) is 14.4. The van der Waals surface area contributed by atoms with Crippen LogP contribution in [0.25, 0.3) is 0 Å². The molecular weight excluding hydrogens is 261 g/mol. The number of likely N-dealkylation sites (N-methyl/N-ethyl adjacent to an activating group) is 1. The second-order valence-corrected chi connectivity index (χ2v) is 7.19. The van der Waals surface area contributed by atoms with Crippen LogP contribution in [-0.4, -0.2) is 13.1 Å². The number of hydrogen-bond acceptors (Lipinski definition) is 1. The molecule has 0 radical (unpaired) electrons. The predicted molar refractivity (Wildman–Crippen MR) is 79.0 cm³/mol. The van der Waals surface area contributed by atoms with Gasteiger partial charge in [-0.25, -0.2) is 4.39 Å². The summed E-state index contributed by atoms with van der Waals surface area (Å²) in [6.07, 6.45) is 0.681. The fraction of sp³-hybridized carbons (Fsp3) is 0.625. The molecular formula is C16H23ClFN. The van der Waals surface area contributed by atoms with E-state index in [0.29, 0.717) is 22.9 Å². The van der Waals surface area contributed by atoms with Crippen LogP contribution in [0.15, 0.2) is 18.2 Å². The summed E-state index contributed by atoms with van der Waals surface area (Å²) in [5.41, 5.74) is 1.27. The first-order chi connectivity index (χ1) is 8.71. The molecule has 0 aliphatic heterocycles. The van der Waals surface area contributed by atoms with Crippen molar-refractivity contribution in [2.75, 3.05) is 7.05 Å². The molecule has 1 atom stereocenters. The summed E-state index contributed by atoms with van der Waals surface area (Å²) in [4.78, 5) is 0. The molecule has 0 saturated heterocycles. The third-order valence-corrected chi connectivity index (χ3v) is 5.59. The van der Waals surface area contributed by atoms with Crippen molar-refractivity contribution < 1.29 is 4.39 Å². The van der Waals surface area contributed by atoms with Gasteiger partial charge in [0.2, 0.25) is 0 Å². The smallest absolute Gasteiger partial charge is 0.126 e. The van der Waals surface area contributed by atoms with E-state index in [1.54, 1.807) is 12.1 Å². The molecule has 2 rings (SSSR count). The maximum Gasteiger partial charge on any atom is 0.126 e. The van der Waals surface area contributed by atoms with E-state index in [2.05, 4.69) is 33.0 Å². The third kappa shape index (κ3) is 2.41. The lowest BCUT2D eigenvalue weighted by atomic mass is 9.96. The first kappa shape index (κ1) is 14.8. The van der Waals surface area contributed by atoms with Gasteiger partial charge in [-0.1, -0.05) is 39.3 Å². The molecule has 0 bridgehead atoms. The van der Waals surface area contributed by atoms with Crippen molar-refractivity contribution in [3.8, 4) is 0 Å². The first-order valence-electron chi connectivity index (χ1n) is 6.83. The maximum absolute atomic E-state index is 13.8. The fourth-order valence-corrected chi connectivity index (χ4v) is 3.77. The number of benzene rings is 1. The quantitative estimate of drug-likeness (QED) is 0.869. The summed E-state index contributed by atoms with van der Waals surface area (Å²) in [5, 5.41) is 3.96. The summed E-state index contributed by atoms with van der Waals surface area (Å²) in [7, 11) is 1.96. The topological polar surface area (TPSA) is 12.0 Å². The monoisotopic (exact) mass is 283 g/mol. The van der Waals surface area contributed by atoms with Crippen LogP contribution >= 0.6 is 11.6 Å². The van der Waals surface area contributed by atoms with Gasteiger partial charge in [0.25, 0.3) is 0 Å². The lowest BCUT2D eigenvalue weighted by Gasteiger charge is -2.19. The van der Waals surface area contributed by atoms with Gasteiger partial charge in [-0.15, -0.1) is 0 Å². The van der Waals surface area contributed by atoms with Gasteiger partial charge in [0, 0.05) is 11.1 Å². The molecule has 1 fully saturated rings. The lowest BCUT2D eigenvalue weighted by molar-refractivity contribution is 0.415. The van der Waals surface area contributed by atoms with Gasteiger partial charge in [0.1, 0.15) is 5.82 Å². The molecule has 0 heterocycles. The van der Waals surface area contributed by atoms with Gasteiger partial charge in [-0.3, -0.25) is 0 Å². The van der Waals surface area contributed by atoms with Crippen molar-refractivity contribution in [2.24, 2.45) is 16.7 Å². The summed E-state index contributed by atoms with van der Waals surface area (Å²) in [5.74, 6) is 0.379. The Labute approximate surface area is 120 Å². The van der Waals surface area contributed by atoms with Gasteiger partial charge in [0.15, 0.2) is 0 Å². The van der Waals surface area contributed by atoms with E-state index >= 15 is 0 Å². The fourth-order valence-electron chi connectivity index (χ4n) is 3.58. The maximum atomic E-state index is 13.8. The second-order valence-electron chi connectivity index (χ2n) is 6.76. The van der Waals surface area contributed by atoms with E-state index in [9.17, 15) is 4.39 Å². The van der Waals surface area contributed by atoms with E-state index in [0.717, 1.165) is 0 Å². The van der Waals surface area contributed by atoms with Crippen molar-refractivity contribution in [1.29, 1.82) is 0 Å². The molecule has 0 aromatic heterocycles. The van der Waals surface area contributed by atoms with Crippen LogP contribution in [0.3, 0.4) is 0 Å². The lowest BCUT2D eigenvalue weighted by Crippen LogP contribution is -2.32. The normalized spacial score (nSPS) is 22.3. The van der Waals surface area contributed by atoms with E-state index in [-0.39, 0.29) is 22.7 Å². The molecule has 19 heavy (non-hydrogen) atoms. The number of hydrogen-bond donors (Lipinski definition) is 1. The largest absolute Gasteiger partial charge is 0.316 e. The molecule has 1 saturated carbocycles. The van der Waals surface area contributed by atoms with Crippen LogP contribution in [0.5, 0.6) is 0 Å². The average Bonchev–Trinajstić information content (AvgIpc) is 2.72. The Balaban J connectivity index is 2.20. The molecule has 1 aromatic rings. The van der Waals surface area contributed by atoms with Crippen LogP contribution in [0.1, 0.15) is 33.3 Å². The molecule has 1 nitrogen and oxygen atoms in total. The molecule has 3 heteroatoms. The molecule has 1 aromatic carbocycles. The second kappa shape index (κ2) is 4.75. The summed E-state index contributed by atoms with van der Waals surface area (Å²) in [6, 6.07) is 5.06. The highest BCUT2D eigenvalue weighted by Gasteiger charge is 2.66. The standard InChI is InChI=1S/C16H23ClFN/c1-15(2)14(16(15,3)4)13(19-5)9-10-8-11(17)6-7-12(10)18/h6-8,13-14,19H,9H2,1-5H3. The molecule has 0 spiro atoms. The Bertz CT molecular complexity index is 468. The predicted octanol–water partition coefficient (Wildman–Crippen LogP) is 4.29. The van der Waals surface area contributed by atoms with Crippen LogP contribution in [0.4, 0.5) is 4.39 Å². The number of nitrogens with one attached hydrogen (secondary N) is 1. The summed E-state index contributed by atoms with van der Waals surface area (Å²) < 4.78 is 13.8. The Morgan fingerprint density at radius 1 is 1.26 bits per heavy atom. The van der Waals surface area contributed by atoms with Crippen molar-refractivity contribution in [2.45, 2.75) is 40.2 Å². The SMILES string of the molecule is CNC(Cc1cc(Cl)ccc1F)C1C(C)(C)C1(C)C. The minimum Gasteiger partial charge on any atom is -0.316 e. The Hall–Kier alpha value is -0.600. The molecule has 0 amide bonds. The zero-order valence-corrected chi connectivity index (χ0v) is 13.1. The minimum atomic E-state index is -0.166. The van der Waals surface area contributed by atoms with Crippen LogP contribution in [-0.2, 0) is 6.42 Å². The molecule has 1 unspecified atom stereocenters. The zero-order valence-electron chi connectivity index (χ0n) is 12.3. The van der Waals surface area contributed by atoms with E-state index < -0.39 is 0 Å². The van der Waals surface area contributed by atoms with Gasteiger partial charge in [0.05, 0.1) is 0 Å². The van der Waals surface area contributed by atoms with Crippen LogP contribution < -0.4 is 5.32 Å². The van der Waals surface area contributed by atoms with E-state index in [1.807, 2.05) is 7.05 Å². The third-order valence-electron chi connectivity index (χ3n) is 5.35. The van der Waals surface area contributed by atoms with Gasteiger partial charge < -0.3 is 5.32 Å². The Kier molecular flexibility index (Phi) is 3.70. The van der Waals surface area contributed by atoms with Crippen molar-refractivity contribution in [3.05, 3.63) is 34.6 Å². The van der Waals surface area contributed by atoms with Crippen molar-refractivity contribution >= 4 is 11.6 Å². The van der Waals surface area contributed by atoms with Crippen molar-refractivity contribution in [3.63, 3.8) is 0 Å². The Morgan fingerprint density at radius 3 is 2.32 bits per heavy atom. The number of halogens is 2. The highest BCUT2D eigenvalue weighted by atomic mass is 35.5. The molecule has 1 aliphatic rings.